The van der Waals surface area contributed by atoms with Crippen LogP contribution in [0.25, 0.3) is 0 Å². The fourth-order valence-electron chi connectivity index (χ4n) is 1.27. The number of carbonyl (C=O) groups excluding carboxylic acids is 1. The third kappa shape index (κ3) is 3.87. The van der Waals surface area contributed by atoms with Gasteiger partial charge >= 0.3 is 5.97 Å². The molecule has 1 amide bonds. The number of carboxylic acids is 1. The van der Waals surface area contributed by atoms with Gasteiger partial charge in [-0.2, -0.15) is 0 Å². The van der Waals surface area contributed by atoms with Crippen LogP contribution in [0.3, 0.4) is 0 Å². The standard InChI is InChI=1S/C10H15N3O4/c1-3-13(6-9(14)11-2)5-7-4-8(10(15)16)12-17-7/h4H,3,5-6H2,1-2H3,(H,11,14)(H,15,16). The Balaban J connectivity index is 2.60. The van der Waals surface area contributed by atoms with Crippen LogP contribution in [0.15, 0.2) is 10.6 Å². The molecule has 17 heavy (non-hydrogen) atoms. The van der Waals surface area contributed by atoms with Crippen molar-refractivity contribution in [3.05, 3.63) is 17.5 Å². The summed E-state index contributed by atoms with van der Waals surface area (Å²) in [6.07, 6.45) is 0. The average molecular weight is 241 g/mol. The summed E-state index contributed by atoms with van der Waals surface area (Å²) >= 11 is 0. The lowest BCUT2D eigenvalue weighted by atomic mass is 10.3. The Kier molecular flexibility index (Phi) is 4.65. The highest BCUT2D eigenvalue weighted by Crippen LogP contribution is 2.07. The van der Waals surface area contributed by atoms with E-state index in [1.807, 2.05) is 11.8 Å². The van der Waals surface area contributed by atoms with Gasteiger partial charge in [0.05, 0.1) is 13.1 Å². The largest absolute Gasteiger partial charge is 0.476 e. The number of likely N-dealkylation sites (N-methyl/N-ethyl adjacent to an activating group) is 2. The third-order valence-corrected chi connectivity index (χ3v) is 2.25. The maximum atomic E-state index is 11.2. The highest BCUT2D eigenvalue weighted by Gasteiger charge is 2.14. The lowest BCUT2D eigenvalue weighted by Crippen LogP contribution is -2.35. The molecule has 7 heteroatoms. The molecule has 0 saturated heterocycles. The number of hydrogen-bond donors (Lipinski definition) is 2. The SMILES string of the molecule is CCN(CC(=O)NC)Cc1cc(C(=O)O)no1. The monoisotopic (exact) mass is 241 g/mol. The van der Waals surface area contributed by atoms with Crippen LogP contribution in [0.4, 0.5) is 0 Å². The van der Waals surface area contributed by atoms with Gasteiger partial charge in [-0.1, -0.05) is 12.1 Å². The molecule has 1 aromatic heterocycles. The van der Waals surface area contributed by atoms with E-state index in [9.17, 15) is 9.59 Å². The maximum absolute atomic E-state index is 11.2. The summed E-state index contributed by atoms with van der Waals surface area (Å²) in [6, 6.07) is 1.36. The summed E-state index contributed by atoms with van der Waals surface area (Å²) in [5.41, 5.74) is -0.129. The van der Waals surface area contributed by atoms with Crippen LogP contribution >= 0.6 is 0 Å². The van der Waals surface area contributed by atoms with Crippen molar-refractivity contribution in [1.29, 1.82) is 0 Å². The number of hydrogen-bond acceptors (Lipinski definition) is 5. The number of nitrogens with zero attached hydrogens (tertiary/aromatic N) is 2. The van der Waals surface area contributed by atoms with E-state index in [1.54, 1.807) is 7.05 Å². The van der Waals surface area contributed by atoms with Crippen molar-refractivity contribution in [2.24, 2.45) is 0 Å². The van der Waals surface area contributed by atoms with E-state index in [0.29, 0.717) is 18.8 Å². The summed E-state index contributed by atoms with van der Waals surface area (Å²) in [5.74, 6) is -0.813. The smallest absolute Gasteiger partial charge is 0.358 e. The second-order valence-corrected chi connectivity index (χ2v) is 3.46. The van der Waals surface area contributed by atoms with Crippen molar-refractivity contribution >= 4 is 11.9 Å². The van der Waals surface area contributed by atoms with Crippen molar-refractivity contribution < 1.29 is 19.2 Å². The van der Waals surface area contributed by atoms with Crippen LogP contribution in [0.5, 0.6) is 0 Å². The number of carbonyl (C=O) groups is 2. The number of aromatic nitrogens is 1. The molecule has 1 heterocycles. The van der Waals surface area contributed by atoms with E-state index in [0.717, 1.165) is 0 Å². The normalized spacial score (nSPS) is 10.5. The highest BCUT2D eigenvalue weighted by molar-refractivity contribution is 5.85. The molecule has 94 valence electrons. The van der Waals surface area contributed by atoms with Gasteiger partial charge in [0.15, 0.2) is 11.5 Å². The molecule has 0 atom stereocenters. The summed E-state index contributed by atoms with van der Waals surface area (Å²) in [4.78, 5) is 23.6. The van der Waals surface area contributed by atoms with Gasteiger partial charge in [0.2, 0.25) is 5.91 Å². The van der Waals surface area contributed by atoms with E-state index in [-0.39, 0.29) is 18.1 Å². The van der Waals surface area contributed by atoms with Gasteiger partial charge in [0.25, 0.3) is 0 Å². The Labute approximate surface area is 98.4 Å². The summed E-state index contributed by atoms with van der Waals surface area (Å²) in [6.45, 7) is 3.13. The Hall–Kier alpha value is -1.89. The topological polar surface area (TPSA) is 95.7 Å². The Bertz CT molecular complexity index is 402. The summed E-state index contributed by atoms with van der Waals surface area (Å²) in [5, 5.41) is 14.6. The highest BCUT2D eigenvalue weighted by atomic mass is 16.5. The first-order chi connectivity index (χ1) is 8.06. The number of carboxylic acid groups (broad SMARTS) is 1. The Morgan fingerprint density at radius 3 is 2.76 bits per heavy atom. The molecule has 0 aromatic carbocycles. The van der Waals surface area contributed by atoms with Crippen LogP contribution in [-0.4, -0.2) is 47.2 Å². The van der Waals surface area contributed by atoms with Crippen molar-refractivity contribution in [3.63, 3.8) is 0 Å². The number of aromatic carboxylic acids is 1. The minimum absolute atomic E-state index is 0.107. The molecule has 0 saturated carbocycles. The summed E-state index contributed by atoms with van der Waals surface area (Å²) in [7, 11) is 1.56. The molecule has 0 aliphatic carbocycles. The molecular formula is C10H15N3O4. The molecule has 0 aliphatic rings. The van der Waals surface area contributed by atoms with Crippen LogP contribution in [0.2, 0.25) is 0 Å². The van der Waals surface area contributed by atoms with Crippen molar-refractivity contribution in [2.75, 3.05) is 20.1 Å². The van der Waals surface area contributed by atoms with Gasteiger partial charge in [-0.3, -0.25) is 9.69 Å². The van der Waals surface area contributed by atoms with Gasteiger partial charge < -0.3 is 14.9 Å². The van der Waals surface area contributed by atoms with Crippen LogP contribution in [-0.2, 0) is 11.3 Å². The fraction of sp³-hybridized carbons (Fsp3) is 0.500. The second-order valence-electron chi connectivity index (χ2n) is 3.46. The molecule has 0 unspecified atom stereocenters. The minimum atomic E-state index is -1.13. The molecular weight excluding hydrogens is 226 g/mol. The summed E-state index contributed by atoms with van der Waals surface area (Å²) < 4.78 is 4.87. The lowest BCUT2D eigenvalue weighted by Gasteiger charge is -2.17. The van der Waals surface area contributed by atoms with Crippen molar-refractivity contribution in [3.8, 4) is 0 Å². The van der Waals surface area contributed by atoms with Crippen molar-refractivity contribution in [2.45, 2.75) is 13.5 Å². The Morgan fingerprint density at radius 1 is 1.59 bits per heavy atom. The zero-order valence-corrected chi connectivity index (χ0v) is 9.77. The van der Waals surface area contributed by atoms with Crippen LogP contribution < -0.4 is 5.32 Å². The maximum Gasteiger partial charge on any atom is 0.358 e. The molecule has 1 rings (SSSR count). The second kappa shape index (κ2) is 6.00. The van der Waals surface area contributed by atoms with Gasteiger partial charge in [0, 0.05) is 13.1 Å². The lowest BCUT2D eigenvalue weighted by molar-refractivity contribution is -0.121. The van der Waals surface area contributed by atoms with Crippen molar-refractivity contribution in [1.82, 2.24) is 15.4 Å². The molecule has 0 aliphatic heterocycles. The van der Waals surface area contributed by atoms with Gasteiger partial charge in [0.1, 0.15) is 0 Å². The van der Waals surface area contributed by atoms with Crippen LogP contribution in [0, 0.1) is 0 Å². The molecule has 7 nitrogen and oxygen atoms in total. The van der Waals surface area contributed by atoms with E-state index in [4.69, 9.17) is 9.63 Å². The third-order valence-electron chi connectivity index (χ3n) is 2.25. The fourth-order valence-corrected chi connectivity index (χ4v) is 1.27. The van der Waals surface area contributed by atoms with Gasteiger partial charge in [-0.25, -0.2) is 4.79 Å². The predicted molar refractivity (Wildman–Crippen MR) is 58.5 cm³/mol. The zero-order chi connectivity index (χ0) is 12.8. The van der Waals surface area contributed by atoms with Gasteiger partial charge in [-0.15, -0.1) is 0 Å². The average Bonchev–Trinajstić information content (AvgIpc) is 2.76. The molecule has 0 bridgehead atoms. The quantitative estimate of drug-likeness (QED) is 0.724. The molecule has 2 N–H and O–H groups in total. The minimum Gasteiger partial charge on any atom is -0.476 e. The molecule has 0 spiro atoms. The zero-order valence-electron chi connectivity index (χ0n) is 9.77. The van der Waals surface area contributed by atoms with E-state index in [2.05, 4.69) is 10.5 Å². The van der Waals surface area contributed by atoms with Gasteiger partial charge in [-0.05, 0) is 6.54 Å². The van der Waals surface area contributed by atoms with E-state index < -0.39 is 5.97 Å². The number of rotatable bonds is 6. The Morgan fingerprint density at radius 2 is 2.29 bits per heavy atom. The molecule has 1 aromatic rings. The predicted octanol–water partition coefficient (Wildman–Crippen LogP) is -0.0593. The molecule has 0 fully saturated rings. The van der Waals surface area contributed by atoms with E-state index >= 15 is 0 Å². The number of amides is 1. The first-order valence-electron chi connectivity index (χ1n) is 5.18. The first kappa shape index (κ1) is 13.2. The number of nitrogens with one attached hydrogen (secondary N) is 1. The van der Waals surface area contributed by atoms with E-state index in [1.165, 1.54) is 6.07 Å². The molecule has 0 radical (unpaired) electrons. The first-order valence-corrected chi connectivity index (χ1v) is 5.18. The van der Waals surface area contributed by atoms with Crippen LogP contribution in [0.1, 0.15) is 23.2 Å².